The van der Waals surface area contributed by atoms with E-state index in [2.05, 4.69) is 12.2 Å². The number of carbonyl (C=O) groups is 2. The van der Waals surface area contributed by atoms with E-state index in [0.29, 0.717) is 23.6 Å². The van der Waals surface area contributed by atoms with Crippen LogP contribution in [0.3, 0.4) is 0 Å². The smallest absolute Gasteiger partial charge is 0.338 e. The third-order valence-electron chi connectivity index (χ3n) is 3.39. The van der Waals surface area contributed by atoms with E-state index in [1.54, 1.807) is 24.3 Å². The van der Waals surface area contributed by atoms with E-state index >= 15 is 0 Å². The van der Waals surface area contributed by atoms with Gasteiger partial charge in [-0.15, -0.1) is 0 Å². The SMILES string of the molecule is CCCCOc1ccc(C(=O)OCC(=O)Nc2ccc(F)c(Cl)c2)cc1. The van der Waals surface area contributed by atoms with Crippen LogP contribution in [-0.2, 0) is 9.53 Å². The predicted octanol–water partition coefficient (Wildman–Crippen LogP) is 4.45. The fourth-order valence-electron chi connectivity index (χ4n) is 2.01. The van der Waals surface area contributed by atoms with Gasteiger partial charge in [-0.1, -0.05) is 24.9 Å². The quantitative estimate of drug-likeness (QED) is 0.543. The van der Waals surface area contributed by atoms with E-state index < -0.39 is 24.3 Å². The summed E-state index contributed by atoms with van der Waals surface area (Å²) in [5.41, 5.74) is 0.622. The lowest BCUT2D eigenvalue weighted by Gasteiger charge is -2.08. The van der Waals surface area contributed by atoms with E-state index in [1.165, 1.54) is 12.1 Å². The van der Waals surface area contributed by atoms with E-state index in [9.17, 15) is 14.0 Å². The number of hydrogen-bond acceptors (Lipinski definition) is 4. The number of unbranched alkanes of at least 4 members (excludes halogenated alkanes) is 1. The zero-order valence-corrected chi connectivity index (χ0v) is 15.0. The molecule has 0 saturated heterocycles. The van der Waals surface area contributed by atoms with Gasteiger partial charge in [-0.3, -0.25) is 4.79 Å². The third-order valence-corrected chi connectivity index (χ3v) is 3.68. The number of nitrogens with one attached hydrogen (secondary N) is 1. The molecule has 0 spiro atoms. The van der Waals surface area contributed by atoms with Crippen LogP contribution in [0.5, 0.6) is 5.75 Å². The molecule has 0 fully saturated rings. The van der Waals surface area contributed by atoms with Crippen molar-refractivity contribution in [2.45, 2.75) is 19.8 Å². The molecule has 5 nitrogen and oxygen atoms in total. The number of halogens is 2. The van der Waals surface area contributed by atoms with E-state index in [4.69, 9.17) is 21.1 Å². The lowest BCUT2D eigenvalue weighted by Crippen LogP contribution is -2.21. The van der Waals surface area contributed by atoms with Gasteiger partial charge in [-0.25, -0.2) is 9.18 Å². The van der Waals surface area contributed by atoms with Gasteiger partial charge in [0.2, 0.25) is 0 Å². The molecule has 7 heteroatoms. The average Bonchev–Trinajstić information content (AvgIpc) is 2.63. The molecule has 2 aromatic carbocycles. The van der Waals surface area contributed by atoms with Crippen molar-refractivity contribution in [3.63, 3.8) is 0 Å². The molecular formula is C19H19ClFNO4. The van der Waals surface area contributed by atoms with Crippen LogP contribution < -0.4 is 10.1 Å². The molecule has 2 rings (SSSR count). The van der Waals surface area contributed by atoms with Crippen molar-refractivity contribution < 1.29 is 23.5 Å². The molecule has 138 valence electrons. The molecule has 1 N–H and O–H groups in total. The van der Waals surface area contributed by atoms with Gasteiger partial charge in [-0.05, 0) is 48.9 Å². The molecule has 26 heavy (non-hydrogen) atoms. The molecule has 1 amide bonds. The van der Waals surface area contributed by atoms with Crippen molar-refractivity contribution in [1.82, 2.24) is 0 Å². The van der Waals surface area contributed by atoms with E-state index in [-0.39, 0.29) is 5.02 Å². The minimum absolute atomic E-state index is 0.110. The minimum atomic E-state index is -0.627. The Labute approximate surface area is 156 Å². The fraction of sp³-hybridized carbons (Fsp3) is 0.263. The summed E-state index contributed by atoms with van der Waals surface area (Å²) in [6, 6.07) is 10.3. The second-order valence-electron chi connectivity index (χ2n) is 5.48. The molecular weight excluding hydrogens is 361 g/mol. The molecule has 0 saturated carbocycles. The zero-order chi connectivity index (χ0) is 18.9. The Hall–Kier alpha value is -2.60. The summed E-state index contributed by atoms with van der Waals surface area (Å²) in [4.78, 5) is 23.8. The van der Waals surface area contributed by atoms with Crippen molar-refractivity contribution in [3.8, 4) is 5.75 Å². The Morgan fingerprint density at radius 3 is 2.54 bits per heavy atom. The van der Waals surface area contributed by atoms with Crippen molar-refractivity contribution in [2.75, 3.05) is 18.5 Å². The monoisotopic (exact) mass is 379 g/mol. The summed E-state index contributed by atoms with van der Waals surface area (Å²) >= 11 is 5.64. The molecule has 2 aromatic rings. The van der Waals surface area contributed by atoms with Gasteiger partial charge < -0.3 is 14.8 Å². The second kappa shape index (κ2) is 9.77. The first-order chi connectivity index (χ1) is 12.5. The van der Waals surface area contributed by atoms with Crippen LogP contribution in [0.15, 0.2) is 42.5 Å². The normalized spacial score (nSPS) is 10.3. The van der Waals surface area contributed by atoms with Gasteiger partial charge in [0, 0.05) is 5.69 Å². The lowest BCUT2D eigenvalue weighted by atomic mass is 10.2. The van der Waals surface area contributed by atoms with Crippen LogP contribution in [0.4, 0.5) is 10.1 Å². The van der Waals surface area contributed by atoms with Crippen LogP contribution in [0, 0.1) is 5.82 Å². The topological polar surface area (TPSA) is 64.6 Å². The van der Waals surface area contributed by atoms with Crippen LogP contribution in [0.25, 0.3) is 0 Å². The molecule has 0 heterocycles. The Kier molecular flexibility index (Phi) is 7.41. The maximum absolute atomic E-state index is 13.1. The summed E-state index contributed by atoms with van der Waals surface area (Å²) in [7, 11) is 0. The van der Waals surface area contributed by atoms with Crippen LogP contribution in [0.1, 0.15) is 30.1 Å². The van der Waals surface area contributed by atoms with Gasteiger partial charge in [0.15, 0.2) is 6.61 Å². The second-order valence-corrected chi connectivity index (χ2v) is 5.89. The predicted molar refractivity (Wildman–Crippen MR) is 97.2 cm³/mol. The summed E-state index contributed by atoms with van der Waals surface area (Å²) < 4.78 is 23.5. The maximum Gasteiger partial charge on any atom is 0.338 e. The molecule has 0 aliphatic heterocycles. The average molecular weight is 380 g/mol. The number of anilines is 1. The van der Waals surface area contributed by atoms with Crippen molar-refractivity contribution in [1.29, 1.82) is 0 Å². The summed E-state index contributed by atoms with van der Waals surface area (Å²) in [6.07, 6.45) is 1.99. The Bertz CT molecular complexity index is 765. The molecule has 0 aliphatic carbocycles. The van der Waals surface area contributed by atoms with Crippen molar-refractivity contribution in [2.24, 2.45) is 0 Å². The summed E-state index contributed by atoms with van der Waals surface area (Å²) in [5, 5.41) is 2.36. The van der Waals surface area contributed by atoms with E-state index in [0.717, 1.165) is 18.9 Å². The summed E-state index contributed by atoms with van der Waals surface area (Å²) in [5.74, 6) is -1.10. The minimum Gasteiger partial charge on any atom is -0.494 e. The summed E-state index contributed by atoms with van der Waals surface area (Å²) in [6.45, 7) is 2.22. The van der Waals surface area contributed by atoms with Gasteiger partial charge >= 0.3 is 5.97 Å². The van der Waals surface area contributed by atoms with Crippen molar-refractivity contribution >= 4 is 29.2 Å². The van der Waals surface area contributed by atoms with E-state index in [1.807, 2.05) is 0 Å². The van der Waals surface area contributed by atoms with Crippen LogP contribution in [-0.4, -0.2) is 25.1 Å². The van der Waals surface area contributed by atoms with Gasteiger partial charge in [-0.2, -0.15) is 0 Å². The number of hydrogen-bond donors (Lipinski definition) is 1. The first-order valence-electron chi connectivity index (χ1n) is 8.14. The number of amides is 1. The number of esters is 1. The highest BCUT2D eigenvalue weighted by atomic mass is 35.5. The van der Waals surface area contributed by atoms with Gasteiger partial charge in [0.1, 0.15) is 11.6 Å². The van der Waals surface area contributed by atoms with Crippen molar-refractivity contribution in [3.05, 3.63) is 58.9 Å². The highest BCUT2D eigenvalue weighted by Crippen LogP contribution is 2.19. The molecule has 0 radical (unpaired) electrons. The molecule has 0 atom stereocenters. The third kappa shape index (κ3) is 6.04. The Morgan fingerprint density at radius 1 is 1.15 bits per heavy atom. The van der Waals surface area contributed by atoms with Gasteiger partial charge in [0.25, 0.3) is 5.91 Å². The molecule has 0 aliphatic rings. The fourth-order valence-corrected chi connectivity index (χ4v) is 2.19. The number of rotatable bonds is 8. The maximum atomic E-state index is 13.1. The first-order valence-corrected chi connectivity index (χ1v) is 8.52. The standard InChI is InChI=1S/C19H19ClFNO4/c1-2-3-10-25-15-7-4-13(5-8-15)19(24)26-12-18(23)22-14-6-9-17(21)16(20)11-14/h4-9,11H,2-3,10,12H2,1H3,(H,22,23). The van der Waals surface area contributed by atoms with Gasteiger partial charge in [0.05, 0.1) is 17.2 Å². The number of ether oxygens (including phenoxy) is 2. The van der Waals surface area contributed by atoms with Crippen LogP contribution >= 0.6 is 11.6 Å². The molecule has 0 aromatic heterocycles. The van der Waals surface area contributed by atoms with Crippen LogP contribution in [0.2, 0.25) is 5.02 Å². The largest absolute Gasteiger partial charge is 0.494 e. The molecule has 0 unspecified atom stereocenters. The Balaban J connectivity index is 1.81. The highest BCUT2D eigenvalue weighted by Gasteiger charge is 2.11. The highest BCUT2D eigenvalue weighted by molar-refractivity contribution is 6.31. The zero-order valence-electron chi connectivity index (χ0n) is 14.3. The number of carbonyl (C=O) groups excluding carboxylic acids is 2. The molecule has 0 bridgehead atoms. The lowest BCUT2D eigenvalue weighted by molar-refractivity contribution is -0.119. The first kappa shape index (κ1) is 19.7. The number of benzene rings is 2. The Morgan fingerprint density at radius 2 is 1.88 bits per heavy atom.